The average molecular weight is 414 g/mol. The zero-order chi connectivity index (χ0) is 21.6. The molecule has 3 aromatic rings. The summed E-state index contributed by atoms with van der Waals surface area (Å²) in [7, 11) is 0. The molecule has 3 atom stereocenters. The monoisotopic (exact) mass is 413 g/mol. The summed E-state index contributed by atoms with van der Waals surface area (Å²) in [6, 6.07) is 31.2. The first-order valence-corrected chi connectivity index (χ1v) is 11.2. The van der Waals surface area contributed by atoms with Crippen molar-refractivity contribution in [3.05, 3.63) is 108 Å². The fourth-order valence-electron chi connectivity index (χ4n) is 4.83. The van der Waals surface area contributed by atoms with E-state index >= 15 is 0 Å². The Hall–Kier alpha value is -2.91. The maximum Gasteiger partial charge on any atom is 0.324 e. The lowest BCUT2D eigenvalue weighted by Crippen LogP contribution is -2.52. The van der Waals surface area contributed by atoms with Gasteiger partial charge in [0.15, 0.2) is 0 Å². The van der Waals surface area contributed by atoms with Crippen molar-refractivity contribution >= 4 is 5.97 Å². The Kier molecular flexibility index (Phi) is 6.83. The normalized spacial score (nSPS) is 21.7. The van der Waals surface area contributed by atoms with Crippen LogP contribution >= 0.6 is 0 Å². The summed E-state index contributed by atoms with van der Waals surface area (Å²) in [5, 5.41) is 0. The van der Waals surface area contributed by atoms with Gasteiger partial charge in [-0.1, -0.05) is 91.0 Å². The second kappa shape index (κ2) is 9.93. The SMILES string of the molecule is CC(C)OC(=O)[C@@H]1[C@H](c2ccccc2)[C@H](c2ccccc2)CCN1Cc1ccccc1. The van der Waals surface area contributed by atoms with E-state index in [1.165, 1.54) is 16.7 Å². The number of hydrogen-bond acceptors (Lipinski definition) is 3. The van der Waals surface area contributed by atoms with Crippen molar-refractivity contribution in [3.63, 3.8) is 0 Å². The quantitative estimate of drug-likeness (QED) is 0.480. The molecule has 1 fully saturated rings. The third-order valence-corrected chi connectivity index (χ3v) is 6.13. The molecule has 160 valence electrons. The molecule has 3 nitrogen and oxygen atoms in total. The van der Waals surface area contributed by atoms with Gasteiger partial charge in [-0.25, -0.2) is 0 Å². The van der Waals surface area contributed by atoms with Crippen LogP contribution in [0.1, 0.15) is 48.8 Å². The van der Waals surface area contributed by atoms with E-state index in [4.69, 9.17) is 4.74 Å². The lowest BCUT2D eigenvalue weighted by atomic mass is 9.72. The van der Waals surface area contributed by atoms with Gasteiger partial charge < -0.3 is 4.74 Å². The van der Waals surface area contributed by atoms with Crippen molar-refractivity contribution in [2.24, 2.45) is 0 Å². The van der Waals surface area contributed by atoms with Gasteiger partial charge in [0.2, 0.25) is 0 Å². The summed E-state index contributed by atoms with van der Waals surface area (Å²) in [6.07, 6.45) is 0.863. The van der Waals surface area contributed by atoms with E-state index in [1.807, 2.05) is 26.0 Å². The van der Waals surface area contributed by atoms with Crippen LogP contribution in [-0.2, 0) is 16.1 Å². The van der Waals surface area contributed by atoms with Crippen molar-refractivity contribution in [1.82, 2.24) is 4.90 Å². The molecule has 0 amide bonds. The number of ether oxygens (including phenoxy) is 1. The van der Waals surface area contributed by atoms with Gasteiger partial charge in [-0.3, -0.25) is 9.69 Å². The second-order valence-electron chi connectivity index (χ2n) is 8.63. The molecule has 0 spiro atoms. The van der Waals surface area contributed by atoms with Crippen LogP contribution in [0.3, 0.4) is 0 Å². The third-order valence-electron chi connectivity index (χ3n) is 6.13. The van der Waals surface area contributed by atoms with Gasteiger partial charge in [0.25, 0.3) is 0 Å². The Morgan fingerprint density at radius 3 is 2.00 bits per heavy atom. The van der Waals surface area contributed by atoms with Crippen molar-refractivity contribution in [2.75, 3.05) is 6.54 Å². The molecule has 1 saturated heterocycles. The summed E-state index contributed by atoms with van der Waals surface area (Å²) >= 11 is 0. The highest BCUT2D eigenvalue weighted by Gasteiger charge is 2.44. The number of carbonyl (C=O) groups is 1. The summed E-state index contributed by atoms with van der Waals surface area (Å²) in [5.41, 5.74) is 3.70. The average Bonchev–Trinajstić information content (AvgIpc) is 2.80. The predicted octanol–water partition coefficient (Wildman–Crippen LogP) is 5.78. The van der Waals surface area contributed by atoms with Gasteiger partial charge in [-0.05, 0) is 49.4 Å². The summed E-state index contributed by atoms with van der Waals surface area (Å²) in [4.78, 5) is 15.8. The van der Waals surface area contributed by atoms with Crippen LogP contribution in [0.5, 0.6) is 0 Å². The molecular weight excluding hydrogens is 382 g/mol. The van der Waals surface area contributed by atoms with Crippen LogP contribution < -0.4 is 0 Å². The zero-order valence-electron chi connectivity index (χ0n) is 18.4. The summed E-state index contributed by atoms with van der Waals surface area (Å²) < 4.78 is 5.81. The van der Waals surface area contributed by atoms with E-state index in [1.54, 1.807) is 0 Å². The second-order valence-corrected chi connectivity index (χ2v) is 8.63. The number of nitrogens with zero attached hydrogens (tertiary/aromatic N) is 1. The molecule has 1 heterocycles. The molecule has 31 heavy (non-hydrogen) atoms. The lowest BCUT2D eigenvalue weighted by Gasteiger charge is -2.45. The van der Waals surface area contributed by atoms with Crippen LogP contribution in [0.15, 0.2) is 91.0 Å². The Morgan fingerprint density at radius 1 is 0.871 bits per heavy atom. The van der Waals surface area contributed by atoms with Crippen LogP contribution in [0, 0.1) is 0 Å². The Labute approximate surface area is 185 Å². The first-order chi connectivity index (χ1) is 15.1. The molecule has 3 heteroatoms. The van der Waals surface area contributed by atoms with Crippen molar-refractivity contribution in [3.8, 4) is 0 Å². The minimum Gasteiger partial charge on any atom is -0.462 e. The standard InChI is InChI=1S/C28H31NO2/c1-21(2)31-28(30)27-26(24-16-10-5-11-17-24)25(23-14-8-4-9-15-23)18-19-29(27)20-22-12-6-3-7-13-22/h3-17,21,25-27H,18-20H2,1-2H3/t25-,26+,27-/m0/s1. The molecule has 1 aliphatic heterocycles. The highest BCUT2D eigenvalue weighted by molar-refractivity contribution is 5.78. The maximum atomic E-state index is 13.5. The molecule has 0 bridgehead atoms. The molecular formula is C28H31NO2. The molecule has 0 N–H and O–H groups in total. The number of benzene rings is 3. The molecule has 0 aliphatic carbocycles. The van der Waals surface area contributed by atoms with Gasteiger partial charge >= 0.3 is 5.97 Å². The van der Waals surface area contributed by atoms with Crippen molar-refractivity contribution in [2.45, 2.75) is 50.8 Å². The Morgan fingerprint density at radius 2 is 1.42 bits per heavy atom. The number of likely N-dealkylation sites (tertiary alicyclic amines) is 1. The van der Waals surface area contributed by atoms with Gasteiger partial charge in [0.1, 0.15) is 6.04 Å². The van der Waals surface area contributed by atoms with E-state index in [9.17, 15) is 4.79 Å². The Bertz CT molecular complexity index is 956. The smallest absolute Gasteiger partial charge is 0.324 e. The zero-order valence-corrected chi connectivity index (χ0v) is 18.4. The molecule has 3 aromatic carbocycles. The topological polar surface area (TPSA) is 29.5 Å². The Balaban J connectivity index is 1.76. The molecule has 0 aromatic heterocycles. The number of hydrogen-bond donors (Lipinski definition) is 0. The van der Waals surface area contributed by atoms with E-state index in [0.29, 0.717) is 0 Å². The number of rotatable bonds is 6. The summed E-state index contributed by atoms with van der Waals surface area (Å²) in [6.45, 7) is 5.45. The number of esters is 1. The minimum absolute atomic E-state index is 0.0345. The van der Waals surface area contributed by atoms with E-state index in [0.717, 1.165) is 19.5 Å². The molecule has 0 unspecified atom stereocenters. The van der Waals surface area contributed by atoms with E-state index < -0.39 is 0 Å². The molecule has 1 aliphatic rings. The fraction of sp³-hybridized carbons (Fsp3) is 0.321. The van der Waals surface area contributed by atoms with Crippen molar-refractivity contribution in [1.29, 1.82) is 0 Å². The van der Waals surface area contributed by atoms with Gasteiger partial charge in [-0.2, -0.15) is 0 Å². The largest absolute Gasteiger partial charge is 0.462 e. The summed E-state index contributed by atoms with van der Waals surface area (Å²) in [5.74, 6) is 0.174. The van der Waals surface area contributed by atoms with Crippen LogP contribution in [0.25, 0.3) is 0 Å². The predicted molar refractivity (Wildman–Crippen MR) is 125 cm³/mol. The first kappa shape index (κ1) is 21.3. The minimum atomic E-state index is -0.330. The van der Waals surface area contributed by atoms with Gasteiger partial charge in [0, 0.05) is 12.5 Å². The highest BCUT2D eigenvalue weighted by Crippen LogP contribution is 2.44. The van der Waals surface area contributed by atoms with Gasteiger partial charge in [0.05, 0.1) is 6.10 Å². The molecule has 0 radical (unpaired) electrons. The van der Waals surface area contributed by atoms with Crippen LogP contribution in [-0.4, -0.2) is 29.6 Å². The molecule has 4 rings (SSSR count). The maximum absolute atomic E-state index is 13.5. The fourth-order valence-corrected chi connectivity index (χ4v) is 4.83. The highest BCUT2D eigenvalue weighted by atomic mass is 16.5. The van der Waals surface area contributed by atoms with E-state index in [2.05, 4.69) is 83.8 Å². The number of piperidine rings is 1. The van der Waals surface area contributed by atoms with Crippen LogP contribution in [0.4, 0.5) is 0 Å². The van der Waals surface area contributed by atoms with Crippen LogP contribution in [0.2, 0.25) is 0 Å². The molecule has 0 saturated carbocycles. The van der Waals surface area contributed by atoms with E-state index in [-0.39, 0.29) is 30.0 Å². The lowest BCUT2D eigenvalue weighted by molar-refractivity contribution is -0.157. The third kappa shape index (κ3) is 5.05. The number of carbonyl (C=O) groups excluding carboxylic acids is 1. The first-order valence-electron chi connectivity index (χ1n) is 11.2. The van der Waals surface area contributed by atoms with Crippen molar-refractivity contribution < 1.29 is 9.53 Å². The van der Waals surface area contributed by atoms with Gasteiger partial charge in [-0.15, -0.1) is 0 Å².